The largest absolute Gasteiger partial charge is 0.417 e. The Hall–Kier alpha value is -1.33. The van der Waals surface area contributed by atoms with Crippen LogP contribution in [0.4, 0.5) is 27.6 Å². The van der Waals surface area contributed by atoms with Crippen molar-refractivity contribution in [1.29, 1.82) is 0 Å². The lowest BCUT2D eigenvalue weighted by Crippen LogP contribution is -2.18. The molecule has 1 rings (SSSR count). The van der Waals surface area contributed by atoms with E-state index < -0.39 is 46.1 Å². The predicted octanol–water partition coefficient (Wildman–Crippen LogP) is 4.78. The Bertz CT molecular complexity index is 479. The van der Waals surface area contributed by atoms with Gasteiger partial charge >= 0.3 is 6.18 Å². The minimum absolute atomic E-state index is 0.366. The average molecular weight is 281 g/mol. The summed E-state index contributed by atoms with van der Waals surface area (Å²) in [7, 11) is 0. The number of hydrogen-bond acceptors (Lipinski definition) is 1. The standard InChI is InChI=1S/C13H16F5N/c1-4-5-6(2)8-9(13(16,17)18)7(3)10(14)12(19)11(8)15/h6H,4-5,19H2,1-3H3. The zero-order valence-electron chi connectivity index (χ0n) is 11.0. The van der Waals surface area contributed by atoms with Gasteiger partial charge in [-0.2, -0.15) is 13.2 Å². The molecule has 0 fully saturated rings. The summed E-state index contributed by atoms with van der Waals surface area (Å²) in [6.07, 6.45) is -3.85. The number of hydrogen-bond donors (Lipinski definition) is 1. The molecule has 0 aliphatic carbocycles. The van der Waals surface area contributed by atoms with Crippen molar-refractivity contribution in [2.45, 2.75) is 45.7 Å². The molecule has 0 aromatic heterocycles. The second-order valence-corrected chi connectivity index (χ2v) is 4.64. The molecule has 0 amide bonds. The zero-order valence-corrected chi connectivity index (χ0v) is 11.0. The van der Waals surface area contributed by atoms with E-state index in [0.717, 1.165) is 6.92 Å². The fraction of sp³-hybridized carbons (Fsp3) is 0.538. The predicted molar refractivity (Wildman–Crippen MR) is 63.8 cm³/mol. The van der Waals surface area contributed by atoms with Crippen molar-refractivity contribution < 1.29 is 22.0 Å². The van der Waals surface area contributed by atoms with E-state index in [4.69, 9.17) is 5.73 Å². The zero-order chi connectivity index (χ0) is 15.0. The molecule has 1 aromatic rings. The summed E-state index contributed by atoms with van der Waals surface area (Å²) in [4.78, 5) is 0. The van der Waals surface area contributed by atoms with Gasteiger partial charge in [0.2, 0.25) is 0 Å². The van der Waals surface area contributed by atoms with E-state index >= 15 is 0 Å². The summed E-state index contributed by atoms with van der Waals surface area (Å²) in [5.41, 5.74) is 1.94. The lowest BCUT2D eigenvalue weighted by Gasteiger charge is -2.22. The van der Waals surface area contributed by atoms with Gasteiger partial charge in [-0.05, 0) is 24.8 Å². The van der Waals surface area contributed by atoms with E-state index in [2.05, 4.69) is 0 Å². The van der Waals surface area contributed by atoms with Crippen LogP contribution in [-0.4, -0.2) is 0 Å². The summed E-state index contributed by atoms with van der Waals surface area (Å²) < 4.78 is 66.6. The highest BCUT2D eigenvalue weighted by molar-refractivity contribution is 5.54. The van der Waals surface area contributed by atoms with Crippen molar-refractivity contribution in [3.63, 3.8) is 0 Å². The highest BCUT2D eigenvalue weighted by atomic mass is 19.4. The van der Waals surface area contributed by atoms with Gasteiger partial charge in [0.1, 0.15) is 5.69 Å². The maximum atomic E-state index is 13.9. The Labute approximate surface area is 108 Å². The van der Waals surface area contributed by atoms with E-state index in [0.29, 0.717) is 12.8 Å². The van der Waals surface area contributed by atoms with E-state index in [1.165, 1.54) is 6.92 Å². The van der Waals surface area contributed by atoms with Crippen LogP contribution < -0.4 is 5.73 Å². The molecule has 0 saturated carbocycles. The smallest absolute Gasteiger partial charge is 0.394 e. The van der Waals surface area contributed by atoms with Gasteiger partial charge in [0.25, 0.3) is 0 Å². The summed E-state index contributed by atoms with van der Waals surface area (Å²) in [5, 5.41) is 0. The van der Waals surface area contributed by atoms with Crippen molar-refractivity contribution >= 4 is 5.69 Å². The number of benzene rings is 1. The van der Waals surface area contributed by atoms with Crippen LogP contribution in [0.2, 0.25) is 0 Å². The van der Waals surface area contributed by atoms with Crippen LogP contribution in [0.1, 0.15) is 49.3 Å². The summed E-state index contributed by atoms with van der Waals surface area (Å²) in [6.45, 7) is 4.23. The Morgan fingerprint density at radius 1 is 1.16 bits per heavy atom. The van der Waals surface area contributed by atoms with Crippen LogP contribution in [0.25, 0.3) is 0 Å². The number of alkyl halides is 3. The maximum Gasteiger partial charge on any atom is 0.417 e. The number of nitrogens with two attached hydrogens (primary N) is 1. The van der Waals surface area contributed by atoms with Gasteiger partial charge in [-0.25, -0.2) is 8.78 Å². The van der Waals surface area contributed by atoms with Gasteiger partial charge in [0.15, 0.2) is 11.6 Å². The molecule has 0 aliphatic heterocycles. The third kappa shape index (κ3) is 2.82. The molecule has 1 nitrogen and oxygen atoms in total. The first kappa shape index (κ1) is 15.7. The molecule has 0 heterocycles. The SMILES string of the molecule is CCCC(C)c1c(F)c(N)c(F)c(C)c1C(F)(F)F. The van der Waals surface area contributed by atoms with Crippen molar-refractivity contribution in [2.75, 3.05) is 5.73 Å². The van der Waals surface area contributed by atoms with Gasteiger partial charge < -0.3 is 5.73 Å². The van der Waals surface area contributed by atoms with E-state index in [9.17, 15) is 22.0 Å². The number of anilines is 1. The summed E-state index contributed by atoms with van der Waals surface area (Å²) in [5.74, 6) is -3.31. The first-order valence-electron chi connectivity index (χ1n) is 5.96. The Kier molecular flexibility index (Phi) is 4.43. The molecule has 0 aliphatic rings. The molecule has 108 valence electrons. The lowest BCUT2D eigenvalue weighted by atomic mass is 9.88. The monoisotopic (exact) mass is 281 g/mol. The van der Waals surface area contributed by atoms with Gasteiger partial charge in [0.05, 0.1) is 5.56 Å². The number of nitrogen functional groups attached to an aromatic ring is 1. The molecule has 0 radical (unpaired) electrons. The lowest BCUT2D eigenvalue weighted by molar-refractivity contribution is -0.139. The van der Waals surface area contributed by atoms with Gasteiger partial charge in [-0.3, -0.25) is 0 Å². The van der Waals surface area contributed by atoms with Gasteiger partial charge in [-0.15, -0.1) is 0 Å². The Balaban J connectivity index is 3.67. The topological polar surface area (TPSA) is 26.0 Å². The molecule has 6 heteroatoms. The molecule has 2 N–H and O–H groups in total. The van der Waals surface area contributed by atoms with E-state index in [-0.39, 0.29) is 0 Å². The minimum atomic E-state index is -4.81. The fourth-order valence-corrected chi connectivity index (χ4v) is 2.27. The summed E-state index contributed by atoms with van der Waals surface area (Å²) >= 11 is 0. The fourth-order valence-electron chi connectivity index (χ4n) is 2.27. The molecule has 1 unspecified atom stereocenters. The Morgan fingerprint density at radius 3 is 2.11 bits per heavy atom. The molecule has 0 spiro atoms. The third-order valence-corrected chi connectivity index (χ3v) is 3.18. The van der Waals surface area contributed by atoms with Gasteiger partial charge in [0, 0.05) is 5.56 Å². The first-order chi connectivity index (χ1) is 8.62. The van der Waals surface area contributed by atoms with E-state index in [1.54, 1.807) is 6.92 Å². The normalized spacial score (nSPS) is 13.7. The average Bonchev–Trinajstić information content (AvgIpc) is 2.29. The first-order valence-corrected chi connectivity index (χ1v) is 5.96. The minimum Gasteiger partial charge on any atom is -0.394 e. The maximum absolute atomic E-state index is 13.9. The van der Waals surface area contributed by atoms with Crippen LogP contribution in [-0.2, 0) is 6.18 Å². The Morgan fingerprint density at radius 2 is 1.68 bits per heavy atom. The van der Waals surface area contributed by atoms with Crippen molar-refractivity contribution in [3.05, 3.63) is 28.3 Å². The number of rotatable bonds is 3. The molecule has 0 saturated heterocycles. The van der Waals surface area contributed by atoms with Crippen molar-refractivity contribution in [3.8, 4) is 0 Å². The van der Waals surface area contributed by atoms with Crippen LogP contribution >= 0.6 is 0 Å². The van der Waals surface area contributed by atoms with Crippen LogP contribution in [0.15, 0.2) is 0 Å². The number of halogens is 5. The second kappa shape index (κ2) is 5.35. The molecule has 1 aromatic carbocycles. The molecule has 0 bridgehead atoms. The van der Waals surface area contributed by atoms with Crippen molar-refractivity contribution in [1.82, 2.24) is 0 Å². The highest BCUT2D eigenvalue weighted by Crippen LogP contribution is 2.42. The molecule has 1 atom stereocenters. The molecular formula is C13H16F5N. The summed E-state index contributed by atoms with van der Waals surface area (Å²) in [6, 6.07) is 0. The van der Waals surface area contributed by atoms with Crippen molar-refractivity contribution in [2.24, 2.45) is 0 Å². The van der Waals surface area contributed by atoms with Crippen LogP contribution in [0.3, 0.4) is 0 Å². The third-order valence-electron chi connectivity index (χ3n) is 3.18. The van der Waals surface area contributed by atoms with Gasteiger partial charge in [-0.1, -0.05) is 20.3 Å². The highest BCUT2D eigenvalue weighted by Gasteiger charge is 2.40. The van der Waals surface area contributed by atoms with Crippen LogP contribution in [0.5, 0.6) is 0 Å². The molecule has 19 heavy (non-hydrogen) atoms. The van der Waals surface area contributed by atoms with E-state index in [1.807, 2.05) is 0 Å². The second-order valence-electron chi connectivity index (χ2n) is 4.64. The molecular weight excluding hydrogens is 265 g/mol. The quantitative estimate of drug-likeness (QED) is 0.626. The van der Waals surface area contributed by atoms with Crippen LogP contribution in [0, 0.1) is 18.6 Å².